The lowest BCUT2D eigenvalue weighted by molar-refractivity contribution is -0.124. The normalized spacial score (nSPS) is 11.6. The molecule has 2 aromatic carbocycles. The van der Waals surface area contributed by atoms with E-state index in [1.165, 1.54) is 0 Å². The van der Waals surface area contributed by atoms with E-state index in [2.05, 4.69) is 10.6 Å². The number of nitrogens with one attached hydrogen (secondary N) is 2. The summed E-state index contributed by atoms with van der Waals surface area (Å²) >= 11 is 5.83. The van der Waals surface area contributed by atoms with Gasteiger partial charge in [-0.3, -0.25) is 9.59 Å². The number of carbonyl (C=O) groups is 2. The Morgan fingerprint density at radius 3 is 2.18 bits per heavy atom. The summed E-state index contributed by atoms with van der Waals surface area (Å²) in [5.41, 5.74) is 0.463. The Morgan fingerprint density at radius 1 is 1.00 bits per heavy atom. The summed E-state index contributed by atoms with van der Waals surface area (Å²) in [6, 6.07) is 13.1. The molecule has 2 amide bonds. The molecule has 0 aliphatic heterocycles. The molecule has 0 bridgehead atoms. The van der Waals surface area contributed by atoms with Gasteiger partial charge in [0.05, 0.1) is 13.7 Å². The van der Waals surface area contributed by atoms with Crippen LogP contribution in [0.25, 0.3) is 0 Å². The number of benzene rings is 2. The Bertz CT molecular complexity index is 776. The van der Waals surface area contributed by atoms with Crippen molar-refractivity contribution in [2.24, 2.45) is 5.92 Å². The lowest BCUT2D eigenvalue weighted by Gasteiger charge is -2.22. The van der Waals surface area contributed by atoms with Gasteiger partial charge in [-0.15, -0.1) is 0 Å². The van der Waals surface area contributed by atoms with Crippen molar-refractivity contribution in [3.8, 4) is 11.5 Å². The average Bonchev–Trinajstić information content (AvgIpc) is 2.70. The first-order valence-corrected chi connectivity index (χ1v) is 9.39. The van der Waals surface area contributed by atoms with Crippen molar-refractivity contribution < 1.29 is 19.1 Å². The highest BCUT2D eigenvalue weighted by atomic mass is 35.5. The van der Waals surface area contributed by atoms with Crippen LogP contribution in [0.3, 0.4) is 0 Å². The molecular weight excluding hydrogens is 380 g/mol. The van der Waals surface area contributed by atoms with Gasteiger partial charge in [0.15, 0.2) is 0 Å². The zero-order valence-electron chi connectivity index (χ0n) is 16.2. The number of amides is 2. The third-order valence-corrected chi connectivity index (χ3v) is 4.32. The molecule has 0 aromatic heterocycles. The zero-order valence-corrected chi connectivity index (χ0v) is 17.0. The van der Waals surface area contributed by atoms with E-state index in [-0.39, 0.29) is 17.7 Å². The van der Waals surface area contributed by atoms with Crippen LogP contribution < -0.4 is 20.1 Å². The Balaban J connectivity index is 1.84. The molecule has 150 valence electrons. The monoisotopic (exact) mass is 404 g/mol. The smallest absolute Gasteiger partial charge is 0.251 e. The highest BCUT2D eigenvalue weighted by Gasteiger charge is 2.24. The number of rotatable bonds is 9. The molecule has 6 nitrogen and oxygen atoms in total. The molecule has 7 heteroatoms. The van der Waals surface area contributed by atoms with Crippen molar-refractivity contribution >= 4 is 23.4 Å². The molecule has 0 saturated carbocycles. The van der Waals surface area contributed by atoms with Crippen molar-refractivity contribution in [1.82, 2.24) is 10.6 Å². The lowest BCUT2D eigenvalue weighted by Crippen LogP contribution is -2.50. The summed E-state index contributed by atoms with van der Waals surface area (Å²) in [7, 11) is 1.56. The molecule has 2 rings (SSSR count). The Kier molecular flexibility index (Phi) is 8.14. The molecule has 0 heterocycles. The minimum absolute atomic E-state index is 0.0700. The van der Waals surface area contributed by atoms with Gasteiger partial charge in [0.25, 0.3) is 5.91 Å². The van der Waals surface area contributed by atoms with Crippen molar-refractivity contribution in [2.45, 2.75) is 19.9 Å². The van der Waals surface area contributed by atoms with Gasteiger partial charge in [0, 0.05) is 10.6 Å². The maximum absolute atomic E-state index is 12.5. The van der Waals surface area contributed by atoms with Crippen molar-refractivity contribution in [3.05, 3.63) is 59.1 Å². The van der Waals surface area contributed by atoms with Gasteiger partial charge < -0.3 is 20.1 Å². The second-order valence-corrected chi connectivity index (χ2v) is 6.95. The van der Waals surface area contributed by atoms with Crippen molar-refractivity contribution in [1.29, 1.82) is 0 Å². The topological polar surface area (TPSA) is 76.7 Å². The fourth-order valence-electron chi connectivity index (χ4n) is 2.49. The lowest BCUT2D eigenvalue weighted by atomic mass is 10.0. The van der Waals surface area contributed by atoms with Crippen LogP contribution in [-0.4, -0.2) is 38.1 Å². The van der Waals surface area contributed by atoms with E-state index in [1.54, 1.807) is 55.6 Å². The quantitative estimate of drug-likeness (QED) is 0.629. The SMILES string of the molecule is COc1ccc(C(=O)NC(C(=O)NCCOc2ccc(Cl)cc2)C(C)C)cc1. The minimum atomic E-state index is -0.648. The number of hydrogen-bond donors (Lipinski definition) is 2. The second kappa shape index (κ2) is 10.6. The Hall–Kier alpha value is -2.73. The van der Waals surface area contributed by atoms with Crippen LogP contribution in [0.15, 0.2) is 48.5 Å². The van der Waals surface area contributed by atoms with Gasteiger partial charge in [-0.1, -0.05) is 25.4 Å². The zero-order chi connectivity index (χ0) is 20.5. The molecule has 0 aliphatic rings. The third kappa shape index (κ3) is 6.46. The molecular formula is C21H25ClN2O4. The maximum atomic E-state index is 12.5. The number of methoxy groups -OCH3 is 1. The number of halogens is 1. The molecule has 1 unspecified atom stereocenters. The van der Waals surface area contributed by atoms with Gasteiger partial charge in [0.2, 0.25) is 5.91 Å². The first-order chi connectivity index (χ1) is 13.4. The molecule has 1 atom stereocenters. The molecule has 0 spiro atoms. The van der Waals surface area contributed by atoms with Crippen molar-refractivity contribution in [3.63, 3.8) is 0 Å². The Morgan fingerprint density at radius 2 is 1.61 bits per heavy atom. The van der Waals surface area contributed by atoms with Crippen molar-refractivity contribution in [2.75, 3.05) is 20.3 Å². The highest BCUT2D eigenvalue weighted by molar-refractivity contribution is 6.30. The largest absolute Gasteiger partial charge is 0.497 e. The van der Waals surface area contributed by atoms with Gasteiger partial charge in [-0.05, 0) is 54.4 Å². The summed E-state index contributed by atoms with van der Waals surface area (Å²) in [5, 5.41) is 6.22. The predicted molar refractivity (Wildman–Crippen MR) is 109 cm³/mol. The molecule has 0 radical (unpaired) electrons. The average molecular weight is 405 g/mol. The third-order valence-electron chi connectivity index (χ3n) is 4.07. The van der Waals surface area contributed by atoms with Crippen LogP contribution >= 0.6 is 11.6 Å². The summed E-state index contributed by atoms with van der Waals surface area (Å²) in [6.45, 7) is 4.39. The van der Waals surface area contributed by atoms with E-state index in [1.807, 2.05) is 13.8 Å². The van der Waals surface area contributed by atoms with E-state index in [0.717, 1.165) is 0 Å². The van der Waals surface area contributed by atoms with Crippen LogP contribution in [-0.2, 0) is 4.79 Å². The first kappa shape index (κ1) is 21.6. The van der Waals surface area contributed by atoms with Gasteiger partial charge in [0.1, 0.15) is 24.1 Å². The molecule has 2 aromatic rings. The van der Waals surface area contributed by atoms with Gasteiger partial charge >= 0.3 is 0 Å². The minimum Gasteiger partial charge on any atom is -0.497 e. The maximum Gasteiger partial charge on any atom is 0.251 e. The van der Waals surface area contributed by atoms with Crippen LogP contribution in [0.1, 0.15) is 24.2 Å². The van der Waals surface area contributed by atoms with E-state index >= 15 is 0 Å². The molecule has 0 aliphatic carbocycles. The first-order valence-electron chi connectivity index (χ1n) is 9.01. The summed E-state index contributed by atoms with van der Waals surface area (Å²) < 4.78 is 10.6. The molecule has 2 N–H and O–H groups in total. The predicted octanol–water partition coefficient (Wildman–Crippen LogP) is 3.30. The molecule has 0 fully saturated rings. The summed E-state index contributed by atoms with van der Waals surface area (Å²) in [6.07, 6.45) is 0. The van der Waals surface area contributed by atoms with E-state index in [4.69, 9.17) is 21.1 Å². The van der Waals surface area contributed by atoms with Gasteiger partial charge in [-0.2, -0.15) is 0 Å². The van der Waals surface area contributed by atoms with E-state index in [0.29, 0.717) is 35.2 Å². The second-order valence-electron chi connectivity index (χ2n) is 6.52. The van der Waals surface area contributed by atoms with Crippen LogP contribution in [0.2, 0.25) is 5.02 Å². The highest BCUT2D eigenvalue weighted by Crippen LogP contribution is 2.15. The van der Waals surface area contributed by atoms with Gasteiger partial charge in [-0.25, -0.2) is 0 Å². The number of ether oxygens (including phenoxy) is 2. The van der Waals surface area contributed by atoms with E-state index in [9.17, 15) is 9.59 Å². The van der Waals surface area contributed by atoms with Crippen LogP contribution in [0.5, 0.6) is 11.5 Å². The number of hydrogen-bond acceptors (Lipinski definition) is 4. The summed E-state index contributed by atoms with van der Waals surface area (Å²) in [5.74, 6) is 0.701. The van der Waals surface area contributed by atoms with Crippen LogP contribution in [0, 0.1) is 5.92 Å². The summed E-state index contributed by atoms with van der Waals surface area (Å²) in [4.78, 5) is 24.9. The molecule has 28 heavy (non-hydrogen) atoms. The Labute approximate surface area is 170 Å². The molecule has 0 saturated heterocycles. The fourth-order valence-corrected chi connectivity index (χ4v) is 2.61. The number of carbonyl (C=O) groups excluding carboxylic acids is 2. The standard InChI is InChI=1S/C21H25ClN2O4/c1-14(2)19(24-20(25)15-4-8-17(27-3)9-5-15)21(26)23-12-13-28-18-10-6-16(22)7-11-18/h4-11,14,19H,12-13H2,1-3H3,(H,23,26)(H,24,25). The van der Waals surface area contributed by atoms with Crippen LogP contribution in [0.4, 0.5) is 0 Å². The fraction of sp³-hybridized carbons (Fsp3) is 0.333. The van der Waals surface area contributed by atoms with E-state index < -0.39 is 6.04 Å².